The van der Waals surface area contributed by atoms with Crippen LogP contribution in [0.25, 0.3) is 0 Å². The van der Waals surface area contributed by atoms with Crippen LogP contribution in [0.15, 0.2) is 5.10 Å². The van der Waals surface area contributed by atoms with E-state index >= 15 is 0 Å². The van der Waals surface area contributed by atoms with Crippen LogP contribution in [0, 0.1) is 10.8 Å². The molecule has 4 aliphatic heterocycles. The van der Waals surface area contributed by atoms with E-state index in [-0.39, 0.29) is 10.8 Å². The predicted octanol–water partition coefficient (Wildman–Crippen LogP) is -2.88. The Morgan fingerprint density at radius 2 is 1.40 bits per heavy atom. The minimum Gasteiger partial charge on any atom is -0.328 e. The summed E-state index contributed by atoms with van der Waals surface area (Å²) in [6, 6.07) is 0. The maximum atomic E-state index is 5.64. The summed E-state index contributed by atoms with van der Waals surface area (Å²) in [5, 5.41) is 4.16. The molecular weight excluding hydrogens is 188 g/mol. The van der Waals surface area contributed by atoms with Gasteiger partial charge in [0.05, 0.1) is 31.9 Å². The molecule has 0 amide bonds. The fourth-order valence-electron chi connectivity index (χ4n) is 4.54. The van der Waals surface area contributed by atoms with E-state index in [0.29, 0.717) is 0 Å². The summed E-state index contributed by atoms with van der Waals surface area (Å²) in [6.45, 7) is 12.3. The lowest BCUT2D eigenvalue weighted by atomic mass is 9.64. The van der Waals surface area contributed by atoms with Gasteiger partial charge in [-0.25, -0.2) is 0 Å². The van der Waals surface area contributed by atoms with E-state index in [1.165, 1.54) is 45.0 Å². The number of fused-ring (bicyclic) bond motifs is 1. The highest BCUT2D eigenvalue weighted by atomic mass is 15.3. The van der Waals surface area contributed by atoms with Crippen LogP contribution < -0.4 is 15.6 Å². The molecule has 4 rings (SSSR count). The van der Waals surface area contributed by atoms with Crippen LogP contribution in [0.1, 0.15) is 13.8 Å². The van der Waals surface area contributed by atoms with Crippen molar-refractivity contribution in [1.82, 2.24) is 0 Å². The van der Waals surface area contributed by atoms with Crippen molar-refractivity contribution in [3.05, 3.63) is 0 Å². The predicted molar refractivity (Wildman–Crippen MR) is 59.0 cm³/mol. The maximum absolute atomic E-state index is 5.64. The van der Waals surface area contributed by atoms with Crippen molar-refractivity contribution in [1.29, 1.82) is 0 Å². The molecule has 4 N–H and O–H groups in total. The molecule has 0 aromatic rings. The first-order valence-electron chi connectivity index (χ1n) is 6.02. The topological polar surface area (TPSA) is 47.3 Å². The van der Waals surface area contributed by atoms with Gasteiger partial charge in [0.25, 0.3) is 0 Å². The maximum Gasteiger partial charge on any atom is 0.127 e. The summed E-state index contributed by atoms with van der Waals surface area (Å²) < 4.78 is 0. The molecular formula is C11H22N4+2. The molecule has 4 nitrogen and oxygen atoms in total. The highest BCUT2D eigenvalue weighted by Gasteiger charge is 2.60. The largest absolute Gasteiger partial charge is 0.328 e. The quantitative estimate of drug-likeness (QED) is 0.292. The Labute approximate surface area is 91.1 Å². The lowest BCUT2D eigenvalue weighted by molar-refractivity contribution is -0.918. The van der Waals surface area contributed by atoms with Crippen LogP contribution in [0.3, 0.4) is 0 Å². The van der Waals surface area contributed by atoms with Crippen LogP contribution in [0.2, 0.25) is 0 Å². The smallest absolute Gasteiger partial charge is 0.127 e. The molecule has 0 radical (unpaired) electrons. The Morgan fingerprint density at radius 3 is 1.73 bits per heavy atom. The zero-order valence-corrected chi connectivity index (χ0v) is 9.77. The van der Waals surface area contributed by atoms with Crippen LogP contribution in [0.5, 0.6) is 0 Å². The molecule has 0 unspecified atom stereocenters. The molecule has 15 heavy (non-hydrogen) atoms. The van der Waals surface area contributed by atoms with Crippen LogP contribution in [0.4, 0.5) is 0 Å². The van der Waals surface area contributed by atoms with Gasteiger partial charge in [-0.2, -0.15) is 5.10 Å². The third-order valence-electron chi connectivity index (χ3n) is 4.67. The second kappa shape index (κ2) is 2.74. The van der Waals surface area contributed by atoms with E-state index < -0.39 is 0 Å². The molecule has 84 valence electrons. The van der Waals surface area contributed by atoms with Gasteiger partial charge in [0.15, 0.2) is 0 Å². The highest BCUT2D eigenvalue weighted by molar-refractivity contribution is 5.96. The fraction of sp³-hybridized carbons (Fsp3) is 0.909. The minimum atomic E-state index is 0.265. The molecule has 0 spiro atoms. The Hall–Kier alpha value is -0.610. The molecule has 0 aromatic carbocycles. The average Bonchev–Trinajstić information content (AvgIpc) is 2.30. The zero-order valence-electron chi connectivity index (χ0n) is 9.77. The molecule has 4 heteroatoms. The Morgan fingerprint density at radius 1 is 1.00 bits per heavy atom. The number of nitrogens with two attached hydrogens (primary N) is 1. The van der Waals surface area contributed by atoms with Crippen molar-refractivity contribution in [2.45, 2.75) is 13.8 Å². The number of rotatable bonds is 0. The molecule has 4 saturated heterocycles. The molecule has 0 aliphatic carbocycles. The van der Waals surface area contributed by atoms with E-state index in [1.54, 1.807) is 9.80 Å². The standard InChI is InChI=1S/C11H20N4/c1-10-5-14-3-4-15(6-10)8-11(2,7-14)9(10)13-12/h3-8,12H2,1-2H3/p+2. The summed E-state index contributed by atoms with van der Waals surface area (Å²) in [5.74, 6) is 5.64. The van der Waals surface area contributed by atoms with E-state index in [1.807, 2.05) is 0 Å². The summed E-state index contributed by atoms with van der Waals surface area (Å²) in [7, 11) is 0. The van der Waals surface area contributed by atoms with Crippen LogP contribution >= 0.6 is 0 Å². The Bertz CT molecular complexity index is 283. The first kappa shape index (κ1) is 9.60. The Balaban J connectivity index is 2.11. The molecule has 4 bridgehead atoms. The number of hydrazone groups is 1. The van der Waals surface area contributed by atoms with Gasteiger partial charge >= 0.3 is 0 Å². The minimum absolute atomic E-state index is 0.265. The van der Waals surface area contributed by atoms with E-state index in [2.05, 4.69) is 18.9 Å². The lowest BCUT2D eigenvalue weighted by Crippen LogP contribution is -3.18. The monoisotopic (exact) mass is 210 g/mol. The van der Waals surface area contributed by atoms with Crippen molar-refractivity contribution in [3.63, 3.8) is 0 Å². The van der Waals surface area contributed by atoms with Crippen molar-refractivity contribution in [2.24, 2.45) is 21.8 Å². The van der Waals surface area contributed by atoms with Crippen LogP contribution in [-0.2, 0) is 0 Å². The summed E-state index contributed by atoms with van der Waals surface area (Å²) in [5.41, 5.74) is 1.83. The number of quaternary nitrogens is 2. The van der Waals surface area contributed by atoms with E-state index in [4.69, 9.17) is 5.84 Å². The number of hydrogen-bond acceptors (Lipinski definition) is 2. The number of nitrogens with one attached hydrogen (secondary N) is 2. The van der Waals surface area contributed by atoms with Gasteiger partial charge in [-0.15, -0.1) is 0 Å². The van der Waals surface area contributed by atoms with Crippen molar-refractivity contribution in [3.8, 4) is 0 Å². The second-order valence-electron chi connectivity index (χ2n) is 6.31. The van der Waals surface area contributed by atoms with Crippen molar-refractivity contribution in [2.75, 3.05) is 39.3 Å². The number of piperidine rings is 2. The van der Waals surface area contributed by atoms with Gasteiger partial charge < -0.3 is 15.6 Å². The summed E-state index contributed by atoms with van der Waals surface area (Å²) in [6.07, 6.45) is 0. The summed E-state index contributed by atoms with van der Waals surface area (Å²) in [4.78, 5) is 3.53. The molecule has 0 saturated carbocycles. The van der Waals surface area contributed by atoms with Gasteiger partial charge in [-0.3, -0.25) is 0 Å². The van der Waals surface area contributed by atoms with E-state index in [9.17, 15) is 0 Å². The van der Waals surface area contributed by atoms with Crippen molar-refractivity contribution < 1.29 is 9.80 Å². The fourth-order valence-corrected chi connectivity index (χ4v) is 4.54. The van der Waals surface area contributed by atoms with Crippen molar-refractivity contribution >= 4 is 5.71 Å². The third-order valence-corrected chi connectivity index (χ3v) is 4.67. The SMILES string of the molecule is CC12C[NH+]3CC[NH+](C1)CC(C)(C3)C2=NN. The molecule has 4 fully saturated rings. The molecule has 4 heterocycles. The summed E-state index contributed by atoms with van der Waals surface area (Å²) >= 11 is 0. The van der Waals surface area contributed by atoms with Gasteiger partial charge in [-0.1, -0.05) is 0 Å². The molecule has 0 atom stereocenters. The number of nitrogens with zero attached hydrogens (tertiary/aromatic N) is 1. The molecule has 0 aromatic heterocycles. The average molecular weight is 210 g/mol. The Kier molecular flexibility index (Phi) is 1.75. The van der Waals surface area contributed by atoms with Gasteiger partial charge in [0.1, 0.15) is 23.9 Å². The van der Waals surface area contributed by atoms with Gasteiger partial charge in [0, 0.05) is 0 Å². The van der Waals surface area contributed by atoms with Crippen LogP contribution in [-0.4, -0.2) is 45.0 Å². The third kappa shape index (κ3) is 1.18. The zero-order chi connectivity index (χ0) is 10.7. The first-order chi connectivity index (χ1) is 7.06. The second-order valence-corrected chi connectivity index (χ2v) is 6.31. The van der Waals surface area contributed by atoms with Gasteiger partial charge in [-0.05, 0) is 13.8 Å². The highest BCUT2D eigenvalue weighted by Crippen LogP contribution is 2.33. The first-order valence-corrected chi connectivity index (χ1v) is 6.02. The lowest BCUT2D eigenvalue weighted by Gasteiger charge is -2.49. The number of hydrogen-bond donors (Lipinski definition) is 3. The molecule has 4 aliphatic rings. The van der Waals surface area contributed by atoms with E-state index in [0.717, 1.165) is 0 Å². The normalized spacial score (nSPS) is 53.1. The van der Waals surface area contributed by atoms with Gasteiger partial charge in [0.2, 0.25) is 0 Å².